The van der Waals surface area contributed by atoms with Crippen LogP contribution >= 0.6 is 0 Å². The molecule has 1 aliphatic carbocycles. The molecule has 2 aromatic rings. The van der Waals surface area contributed by atoms with E-state index in [1.165, 1.54) is 29.8 Å². The van der Waals surface area contributed by atoms with Gasteiger partial charge in [0.25, 0.3) is 5.91 Å². The lowest BCUT2D eigenvalue weighted by Crippen LogP contribution is -2.34. The summed E-state index contributed by atoms with van der Waals surface area (Å²) in [4.78, 5) is 23.8. The van der Waals surface area contributed by atoms with Crippen LogP contribution in [0.15, 0.2) is 54.6 Å². The van der Waals surface area contributed by atoms with Crippen LogP contribution < -0.4 is 5.32 Å². The van der Waals surface area contributed by atoms with Gasteiger partial charge in [-0.2, -0.15) is 0 Å². The average molecular weight is 353 g/mol. The number of hydrogen-bond acceptors (Lipinski definition) is 3. The van der Waals surface area contributed by atoms with Crippen molar-refractivity contribution < 1.29 is 18.7 Å². The molecule has 0 radical (unpaired) electrons. The van der Waals surface area contributed by atoms with Crippen molar-refractivity contribution >= 4 is 18.0 Å². The Morgan fingerprint density at radius 1 is 1.19 bits per heavy atom. The number of esters is 1. The van der Waals surface area contributed by atoms with E-state index in [0.717, 1.165) is 24.8 Å². The second kappa shape index (κ2) is 8.43. The maximum absolute atomic E-state index is 13.1. The number of rotatable bonds is 5. The largest absolute Gasteiger partial charge is 0.452 e. The van der Waals surface area contributed by atoms with E-state index in [0.29, 0.717) is 5.56 Å². The Morgan fingerprint density at radius 2 is 2.04 bits per heavy atom. The highest BCUT2D eigenvalue weighted by atomic mass is 19.1. The molecule has 1 atom stereocenters. The summed E-state index contributed by atoms with van der Waals surface area (Å²) < 4.78 is 18.0. The van der Waals surface area contributed by atoms with Gasteiger partial charge in [-0.1, -0.05) is 36.4 Å². The molecule has 3 rings (SSSR count). The Morgan fingerprint density at radius 3 is 2.88 bits per heavy atom. The predicted molar refractivity (Wildman–Crippen MR) is 96.7 cm³/mol. The number of amides is 1. The zero-order valence-corrected chi connectivity index (χ0v) is 14.3. The van der Waals surface area contributed by atoms with E-state index in [9.17, 15) is 14.0 Å². The maximum atomic E-state index is 13.1. The molecule has 0 fully saturated rings. The third-order valence-corrected chi connectivity index (χ3v) is 4.31. The lowest BCUT2D eigenvalue weighted by molar-refractivity contribution is -0.144. The minimum atomic E-state index is -0.645. The molecular weight excluding hydrogens is 333 g/mol. The zero-order chi connectivity index (χ0) is 18.4. The van der Waals surface area contributed by atoms with E-state index in [1.807, 2.05) is 18.2 Å². The summed E-state index contributed by atoms with van der Waals surface area (Å²) in [7, 11) is 0. The summed E-state index contributed by atoms with van der Waals surface area (Å²) >= 11 is 0. The Hall–Kier alpha value is -2.95. The fourth-order valence-electron chi connectivity index (χ4n) is 3.10. The first-order valence-electron chi connectivity index (χ1n) is 8.59. The summed E-state index contributed by atoms with van der Waals surface area (Å²) in [6, 6.07) is 13.8. The summed E-state index contributed by atoms with van der Waals surface area (Å²) in [6.07, 6.45) is 5.52. The van der Waals surface area contributed by atoms with Gasteiger partial charge in [0.15, 0.2) is 6.61 Å². The Balaban J connectivity index is 1.49. The van der Waals surface area contributed by atoms with Crippen LogP contribution in [0.1, 0.15) is 35.6 Å². The zero-order valence-electron chi connectivity index (χ0n) is 14.3. The molecule has 1 N–H and O–H groups in total. The first kappa shape index (κ1) is 17.9. The minimum Gasteiger partial charge on any atom is -0.452 e. The molecule has 0 heterocycles. The summed E-state index contributed by atoms with van der Waals surface area (Å²) in [5, 5.41) is 2.92. The molecular formula is C21H20FNO3. The molecule has 0 bridgehead atoms. The molecule has 1 amide bonds. The number of hydrogen-bond donors (Lipinski definition) is 1. The van der Waals surface area contributed by atoms with Crippen LogP contribution in [0.4, 0.5) is 4.39 Å². The quantitative estimate of drug-likeness (QED) is 0.660. The average Bonchev–Trinajstić information content (AvgIpc) is 2.65. The second-order valence-electron chi connectivity index (χ2n) is 6.21. The van der Waals surface area contributed by atoms with Crippen LogP contribution in [-0.2, 0) is 20.7 Å². The number of carbonyl (C=O) groups excluding carboxylic acids is 2. The number of aryl methyl sites for hydroxylation is 1. The molecule has 0 saturated carbocycles. The number of fused-ring (bicyclic) bond motifs is 1. The third kappa shape index (κ3) is 4.79. The number of ether oxygens (including phenoxy) is 1. The van der Waals surface area contributed by atoms with Crippen molar-refractivity contribution in [3.05, 3.63) is 77.1 Å². The van der Waals surface area contributed by atoms with E-state index in [-0.39, 0.29) is 24.4 Å². The van der Waals surface area contributed by atoms with Gasteiger partial charge >= 0.3 is 5.97 Å². The van der Waals surface area contributed by atoms with E-state index in [4.69, 9.17) is 4.74 Å². The van der Waals surface area contributed by atoms with Crippen molar-refractivity contribution in [1.29, 1.82) is 0 Å². The summed E-state index contributed by atoms with van der Waals surface area (Å²) in [5.74, 6) is -1.36. The van der Waals surface area contributed by atoms with Crippen LogP contribution in [-0.4, -0.2) is 18.5 Å². The van der Waals surface area contributed by atoms with Gasteiger partial charge in [-0.15, -0.1) is 0 Å². The lowest BCUT2D eigenvalue weighted by Gasteiger charge is -2.26. The molecule has 0 saturated heterocycles. The van der Waals surface area contributed by atoms with E-state index >= 15 is 0 Å². The van der Waals surface area contributed by atoms with Gasteiger partial charge in [0.1, 0.15) is 5.82 Å². The minimum absolute atomic E-state index is 0.0472. The SMILES string of the molecule is O=C(COC(=O)/C=C/c1cccc(F)c1)N[C@@H]1CCCc2ccccc21. The van der Waals surface area contributed by atoms with Crippen LogP contribution in [0.3, 0.4) is 0 Å². The van der Waals surface area contributed by atoms with E-state index < -0.39 is 5.97 Å². The van der Waals surface area contributed by atoms with Crippen molar-refractivity contribution in [3.8, 4) is 0 Å². The van der Waals surface area contributed by atoms with Gasteiger partial charge in [-0.05, 0) is 54.2 Å². The highest BCUT2D eigenvalue weighted by molar-refractivity contribution is 5.89. The van der Waals surface area contributed by atoms with Crippen LogP contribution in [0.2, 0.25) is 0 Å². The van der Waals surface area contributed by atoms with Crippen LogP contribution in [0, 0.1) is 5.82 Å². The molecule has 1 aliphatic rings. The Labute approximate surface area is 151 Å². The Kier molecular flexibility index (Phi) is 5.79. The summed E-state index contributed by atoms with van der Waals surface area (Å²) in [6.45, 7) is -0.342. The monoisotopic (exact) mass is 353 g/mol. The predicted octanol–water partition coefficient (Wildman–Crippen LogP) is 3.58. The van der Waals surface area contributed by atoms with Crippen LogP contribution in [0.5, 0.6) is 0 Å². The third-order valence-electron chi connectivity index (χ3n) is 4.31. The Bertz CT molecular complexity index is 832. The highest BCUT2D eigenvalue weighted by Crippen LogP contribution is 2.29. The normalized spacial score (nSPS) is 16.1. The maximum Gasteiger partial charge on any atom is 0.331 e. The van der Waals surface area contributed by atoms with Gasteiger partial charge in [0.05, 0.1) is 6.04 Å². The van der Waals surface area contributed by atoms with Gasteiger partial charge in [0, 0.05) is 6.08 Å². The van der Waals surface area contributed by atoms with Gasteiger partial charge in [-0.3, -0.25) is 4.79 Å². The van der Waals surface area contributed by atoms with Crippen LogP contribution in [0.25, 0.3) is 6.08 Å². The lowest BCUT2D eigenvalue weighted by atomic mass is 9.88. The first-order valence-corrected chi connectivity index (χ1v) is 8.59. The second-order valence-corrected chi connectivity index (χ2v) is 6.21. The first-order chi connectivity index (χ1) is 12.6. The molecule has 134 valence electrons. The standard InChI is InChI=1S/C21H20FNO3/c22-17-8-3-5-15(13-17)11-12-21(25)26-14-20(24)23-19-10-4-7-16-6-1-2-9-18(16)19/h1-3,5-6,8-9,11-13,19H,4,7,10,14H2,(H,23,24)/b12-11+/t19-/m1/s1. The number of nitrogens with one attached hydrogen (secondary N) is 1. The molecule has 0 spiro atoms. The molecule has 0 aromatic heterocycles. The van der Waals surface area contributed by atoms with E-state index in [2.05, 4.69) is 11.4 Å². The van der Waals surface area contributed by atoms with Gasteiger partial charge in [0.2, 0.25) is 0 Å². The molecule has 4 nitrogen and oxygen atoms in total. The molecule has 5 heteroatoms. The van der Waals surface area contributed by atoms with Crippen molar-refractivity contribution in [2.75, 3.05) is 6.61 Å². The fourth-order valence-corrected chi connectivity index (χ4v) is 3.10. The van der Waals surface area contributed by atoms with Gasteiger partial charge < -0.3 is 10.1 Å². The molecule has 2 aromatic carbocycles. The van der Waals surface area contributed by atoms with Crippen molar-refractivity contribution in [2.45, 2.75) is 25.3 Å². The van der Waals surface area contributed by atoms with Crippen molar-refractivity contribution in [2.24, 2.45) is 0 Å². The smallest absolute Gasteiger partial charge is 0.331 e. The highest BCUT2D eigenvalue weighted by Gasteiger charge is 2.21. The topological polar surface area (TPSA) is 55.4 Å². The van der Waals surface area contributed by atoms with Crippen molar-refractivity contribution in [3.63, 3.8) is 0 Å². The number of carbonyl (C=O) groups is 2. The van der Waals surface area contributed by atoms with Crippen molar-refractivity contribution in [1.82, 2.24) is 5.32 Å². The fraction of sp³-hybridized carbons (Fsp3) is 0.238. The molecule has 0 unspecified atom stereocenters. The molecule has 0 aliphatic heterocycles. The number of halogens is 1. The van der Waals surface area contributed by atoms with E-state index in [1.54, 1.807) is 12.1 Å². The molecule has 26 heavy (non-hydrogen) atoms. The summed E-state index contributed by atoms with van der Waals surface area (Å²) in [5.41, 5.74) is 2.92. The number of benzene rings is 2. The van der Waals surface area contributed by atoms with Gasteiger partial charge in [-0.25, -0.2) is 9.18 Å².